The van der Waals surface area contributed by atoms with Gasteiger partial charge in [-0.05, 0) is 18.6 Å². The SMILES string of the molecule is CC(C)P(Cl)C(C)C. The van der Waals surface area contributed by atoms with Crippen LogP contribution in [0, 0.1) is 0 Å². The molecular formula is C6H14ClP. The van der Waals surface area contributed by atoms with Crippen molar-refractivity contribution in [2.75, 3.05) is 0 Å². The molecule has 0 aliphatic rings. The minimum Gasteiger partial charge on any atom is -0.0959 e. The molecule has 0 atom stereocenters. The molecule has 2 heteroatoms. The van der Waals surface area contributed by atoms with Crippen LogP contribution in [0.3, 0.4) is 0 Å². The number of hydrogen-bond acceptors (Lipinski definition) is 0. The Morgan fingerprint density at radius 2 is 1.25 bits per heavy atom. The fourth-order valence-electron chi connectivity index (χ4n) is 0.596. The van der Waals surface area contributed by atoms with E-state index < -0.39 is 0 Å². The van der Waals surface area contributed by atoms with Crippen molar-refractivity contribution in [1.29, 1.82) is 0 Å². The molecule has 0 spiro atoms. The second kappa shape index (κ2) is 3.69. The summed E-state index contributed by atoms with van der Waals surface area (Å²) in [5, 5.41) is 0. The second-order valence-corrected chi connectivity index (χ2v) is 6.46. The molecule has 0 aliphatic heterocycles. The first-order chi connectivity index (χ1) is 3.55. The van der Waals surface area contributed by atoms with Crippen LogP contribution in [0.25, 0.3) is 0 Å². The van der Waals surface area contributed by atoms with Crippen LogP contribution in [-0.2, 0) is 0 Å². The minimum atomic E-state index is -0.226. The normalized spacial score (nSPS) is 12.0. The highest BCUT2D eigenvalue weighted by Crippen LogP contribution is 2.50. The summed E-state index contributed by atoms with van der Waals surface area (Å²) in [6.07, 6.45) is 0. The maximum Gasteiger partial charge on any atom is -0.00451 e. The van der Waals surface area contributed by atoms with Crippen molar-refractivity contribution in [3.05, 3.63) is 0 Å². The molecule has 0 aromatic rings. The molecular weight excluding hydrogens is 138 g/mol. The molecule has 50 valence electrons. The van der Waals surface area contributed by atoms with Crippen molar-refractivity contribution in [3.63, 3.8) is 0 Å². The molecule has 0 unspecified atom stereocenters. The lowest BCUT2D eigenvalue weighted by Crippen LogP contribution is -1.97. The third-order valence-corrected chi connectivity index (χ3v) is 5.30. The van der Waals surface area contributed by atoms with Gasteiger partial charge in [0.15, 0.2) is 0 Å². The quantitative estimate of drug-likeness (QED) is 0.532. The van der Waals surface area contributed by atoms with E-state index in [2.05, 4.69) is 27.7 Å². The van der Waals surface area contributed by atoms with Gasteiger partial charge in [-0.15, -0.1) is 0 Å². The van der Waals surface area contributed by atoms with Crippen molar-refractivity contribution in [2.24, 2.45) is 0 Å². The van der Waals surface area contributed by atoms with Crippen molar-refractivity contribution >= 4 is 18.5 Å². The van der Waals surface area contributed by atoms with Crippen molar-refractivity contribution < 1.29 is 0 Å². The molecule has 0 aromatic carbocycles. The topological polar surface area (TPSA) is 0 Å². The highest BCUT2D eigenvalue weighted by atomic mass is 35.7. The van der Waals surface area contributed by atoms with Gasteiger partial charge in [0.2, 0.25) is 0 Å². The maximum atomic E-state index is 6.02. The van der Waals surface area contributed by atoms with Gasteiger partial charge in [0.1, 0.15) is 0 Å². The lowest BCUT2D eigenvalue weighted by Gasteiger charge is -2.16. The van der Waals surface area contributed by atoms with E-state index in [9.17, 15) is 0 Å². The van der Waals surface area contributed by atoms with Crippen LogP contribution in [0.2, 0.25) is 0 Å². The van der Waals surface area contributed by atoms with E-state index in [0.29, 0.717) is 11.3 Å². The molecule has 0 radical (unpaired) electrons. The fraction of sp³-hybridized carbons (Fsp3) is 1.00. The lowest BCUT2D eigenvalue weighted by molar-refractivity contribution is 1.03. The Balaban J connectivity index is 3.46. The summed E-state index contributed by atoms with van der Waals surface area (Å²) in [5.41, 5.74) is 1.35. The van der Waals surface area contributed by atoms with Gasteiger partial charge in [0.25, 0.3) is 0 Å². The molecule has 0 nitrogen and oxygen atoms in total. The van der Waals surface area contributed by atoms with E-state index in [4.69, 9.17) is 11.2 Å². The van der Waals surface area contributed by atoms with E-state index >= 15 is 0 Å². The van der Waals surface area contributed by atoms with Crippen LogP contribution in [-0.4, -0.2) is 11.3 Å². The number of halogens is 1. The van der Waals surface area contributed by atoms with Crippen LogP contribution in [0.4, 0.5) is 0 Å². The molecule has 0 fully saturated rings. The van der Waals surface area contributed by atoms with Crippen LogP contribution in [0.15, 0.2) is 0 Å². The molecule has 0 bridgehead atoms. The first-order valence-electron chi connectivity index (χ1n) is 2.99. The molecule has 0 N–H and O–H groups in total. The van der Waals surface area contributed by atoms with Gasteiger partial charge in [0.05, 0.1) is 0 Å². The first kappa shape index (κ1) is 8.72. The smallest absolute Gasteiger partial charge is 0.00451 e. The van der Waals surface area contributed by atoms with Crippen molar-refractivity contribution in [3.8, 4) is 0 Å². The van der Waals surface area contributed by atoms with Gasteiger partial charge in [-0.3, -0.25) is 0 Å². The largest absolute Gasteiger partial charge is 0.0959 e. The molecule has 0 saturated heterocycles. The number of hydrogen-bond donors (Lipinski definition) is 0. The Kier molecular flexibility index (Phi) is 4.02. The number of rotatable bonds is 2. The summed E-state index contributed by atoms with van der Waals surface area (Å²) in [4.78, 5) is 0. The third-order valence-electron chi connectivity index (χ3n) is 0.987. The van der Waals surface area contributed by atoms with Crippen LogP contribution in [0.5, 0.6) is 0 Å². The molecule has 0 saturated carbocycles. The van der Waals surface area contributed by atoms with Crippen LogP contribution in [0.1, 0.15) is 27.7 Å². The zero-order valence-corrected chi connectivity index (χ0v) is 7.63. The van der Waals surface area contributed by atoms with E-state index in [-0.39, 0.29) is 7.27 Å². The molecule has 0 aromatic heterocycles. The van der Waals surface area contributed by atoms with Crippen LogP contribution >= 0.6 is 18.5 Å². The van der Waals surface area contributed by atoms with Crippen LogP contribution < -0.4 is 0 Å². The van der Waals surface area contributed by atoms with Gasteiger partial charge < -0.3 is 0 Å². The van der Waals surface area contributed by atoms with Gasteiger partial charge in [-0.25, -0.2) is 0 Å². The Bertz CT molecular complexity index is 53.5. The summed E-state index contributed by atoms with van der Waals surface area (Å²) >= 11 is 6.02. The maximum absolute atomic E-state index is 6.02. The van der Waals surface area contributed by atoms with Crippen molar-refractivity contribution in [2.45, 2.75) is 39.0 Å². The lowest BCUT2D eigenvalue weighted by atomic mass is 10.5. The average molecular weight is 153 g/mol. The zero-order valence-electron chi connectivity index (χ0n) is 5.98. The summed E-state index contributed by atoms with van der Waals surface area (Å²) < 4.78 is 0. The van der Waals surface area contributed by atoms with Gasteiger partial charge in [-0.1, -0.05) is 38.9 Å². The minimum absolute atomic E-state index is 0.226. The molecule has 0 aliphatic carbocycles. The molecule has 0 amide bonds. The Morgan fingerprint density at radius 3 is 1.25 bits per heavy atom. The van der Waals surface area contributed by atoms with Gasteiger partial charge >= 0.3 is 0 Å². The average Bonchev–Trinajstić information content (AvgIpc) is 1.64. The standard InChI is InChI=1S/C6H14ClP/c1-5(2)8(7)6(3)4/h5-6H,1-4H3. The Morgan fingerprint density at radius 1 is 1.00 bits per heavy atom. The summed E-state index contributed by atoms with van der Waals surface area (Å²) in [5.74, 6) is 0. The van der Waals surface area contributed by atoms with Gasteiger partial charge in [-0.2, -0.15) is 0 Å². The Labute approximate surface area is 58.2 Å². The Hall–Kier alpha value is 0.720. The highest BCUT2D eigenvalue weighted by Gasteiger charge is 2.12. The van der Waals surface area contributed by atoms with E-state index in [0.717, 1.165) is 0 Å². The van der Waals surface area contributed by atoms with E-state index in [1.165, 1.54) is 0 Å². The molecule has 0 heterocycles. The second-order valence-electron chi connectivity index (χ2n) is 2.53. The predicted octanol–water partition coefficient (Wildman–Crippen LogP) is 3.44. The monoisotopic (exact) mass is 152 g/mol. The molecule has 0 rings (SSSR count). The third kappa shape index (κ3) is 2.89. The summed E-state index contributed by atoms with van der Waals surface area (Å²) in [6, 6.07) is 0. The first-order valence-corrected chi connectivity index (χ1v) is 5.38. The van der Waals surface area contributed by atoms with E-state index in [1.54, 1.807) is 0 Å². The summed E-state index contributed by atoms with van der Waals surface area (Å²) in [6.45, 7) is 8.72. The van der Waals surface area contributed by atoms with Gasteiger partial charge in [0, 0.05) is 0 Å². The van der Waals surface area contributed by atoms with E-state index in [1.807, 2.05) is 0 Å². The highest BCUT2D eigenvalue weighted by molar-refractivity contribution is 7.85. The fourth-order valence-corrected chi connectivity index (χ4v) is 1.79. The summed E-state index contributed by atoms with van der Waals surface area (Å²) in [7, 11) is -0.226. The predicted molar refractivity (Wildman–Crippen MR) is 43.0 cm³/mol. The zero-order chi connectivity index (χ0) is 6.73. The van der Waals surface area contributed by atoms with Crippen molar-refractivity contribution in [1.82, 2.24) is 0 Å². The molecule has 8 heavy (non-hydrogen) atoms.